The van der Waals surface area contributed by atoms with Gasteiger partial charge in [-0.3, -0.25) is 4.79 Å². The number of nitrogens with two attached hydrogens (primary N) is 4. The Morgan fingerprint density at radius 1 is 0.931 bits per heavy atom. The molecule has 0 saturated carbocycles. The monoisotopic (exact) mass is 405 g/mol. The summed E-state index contributed by atoms with van der Waals surface area (Å²) in [5.41, 5.74) is 23.6. The van der Waals surface area contributed by atoms with Crippen molar-refractivity contribution in [1.82, 2.24) is 15.6 Å². The Morgan fingerprint density at radius 2 is 1.48 bits per heavy atom. The Kier molecular flexibility index (Phi) is 13.7. The Morgan fingerprint density at radius 3 is 2.03 bits per heavy atom. The molecule has 29 heavy (non-hydrogen) atoms. The molecule has 1 aromatic carbocycles. The van der Waals surface area contributed by atoms with Crippen molar-refractivity contribution in [3.63, 3.8) is 0 Å². The minimum Gasteiger partial charge on any atom is -0.368 e. The number of carbonyl (C=O) groups excluding carboxylic acids is 1. The molecular weight excluding hydrogens is 366 g/mol. The molecule has 0 aliphatic carbocycles. The molecule has 0 radical (unpaired) electrons. The molecule has 1 aromatic heterocycles. The molecule has 164 valence electrons. The summed E-state index contributed by atoms with van der Waals surface area (Å²) in [6.07, 6.45) is 6.97. The van der Waals surface area contributed by atoms with Crippen molar-refractivity contribution in [3.05, 3.63) is 36.0 Å². The van der Waals surface area contributed by atoms with Crippen LogP contribution in [0.2, 0.25) is 0 Å². The predicted molar refractivity (Wildman–Crippen MR) is 121 cm³/mol. The van der Waals surface area contributed by atoms with Crippen LogP contribution in [-0.4, -0.2) is 56.2 Å². The third-order valence-electron chi connectivity index (χ3n) is 4.55. The van der Waals surface area contributed by atoms with Crippen LogP contribution < -0.4 is 33.6 Å². The van der Waals surface area contributed by atoms with E-state index in [1.54, 1.807) is 0 Å². The van der Waals surface area contributed by atoms with Crippen LogP contribution in [0.4, 0.5) is 0 Å². The van der Waals surface area contributed by atoms with E-state index in [1.165, 1.54) is 12.8 Å². The van der Waals surface area contributed by atoms with Gasteiger partial charge >= 0.3 is 0 Å². The van der Waals surface area contributed by atoms with E-state index in [2.05, 4.69) is 15.6 Å². The van der Waals surface area contributed by atoms with E-state index in [9.17, 15) is 4.79 Å². The molecule has 0 fully saturated rings. The van der Waals surface area contributed by atoms with Crippen LogP contribution in [0.3, 0.4) is 0 Å². The fourth-order valence-electron chi connectivity index (χ4n) is 2.84. The molecule has 2 aromatic rings. The van der Waals surface area contributed by atoms with E-state index >= 15 is 0 Å². The maximum Gasteiger partial charge on any atom is 0.234 e. The SMILES string of the molecule is NC(=O)[C@H](N)Cc1c[nH]c2ccccc12.NCCCNCCCCNCCCN. The molecule has 0 bridgehead atoms. The van der Waals surface area contributed by atoms with E-state index < -0.39 is 11.9 Å². The molecule has 1 heterocycles. The smallest absolute Gasteiger partial charge is 0.234 e. The Hall–Kier alpha value is -1.97. The number of carbonyl (C=O) groups is 1. The number of H-pyrrole nitrogens is 1. The Labute approximate surface area is 174 Å². The minimum absolute atomic E-state index is 0.472. The lowest BCUT2D eigenvalue weighted by Gasteiger charge is -2.05. The Balaban J connectivity index is 0.000000291. The number of primary amides is 1. The fraction of sp³-hybridized carbons (Fsp3) is 0.571. The summed E-state index contributed by atoms with van der Waals surface area (Å²) in [6.45, 7) is 5.90. The van der Waals surface area contributed by atoms with Crippen molar-refractivity contribution in [2.45, 2.75) is 38.1 Å². The Bertz CT molecular complexity index is 662. The van der Waals surface area contributed by atoms with Gasteiger partial charge in [-0.05, 0) is 83.0 Å². The molecule has 0 aliphatic heterocycles. The molecule has 0 unspecified atom stereocenters. The largest absolute Gasteiger partial charge is 0.368 e. The highest BCUT2D eigenvalue weighted by Gasteiger charge is 2.12. The summed E-state index contributed by atoms with van der Waals surface area (Å²) in [5.74, 6) is -0.472. The molecule has 0 aliphatic rings. The molecule has 2 rings (SSSR count). The van der Waals surface area contributed by atoms with Gasteiger partial charge in [0, 0.05) is 17.1 Å². The van der Waals surface area contributed by atoms with Gasteiger partial charge in [0.25, 0.3) is 0 Å². The summed E-state index contributed by atoms with van der Waals surface area (Å²) in [6, 6.07) is 7.26. The van der Waals surface area contributed by atoms with Crippen molar-refractivity contribution in [2.75, 3.05) is 39.3 Å². The third kappa shape index (κ3) is 11.0. The van der Waals surface area contributed by atoms with E-state index in [4.69, 9.17) is 22.9 Å². The van der Waals surface area contributed by atoms with E-state index in [0.29, 0.717) is 6.42 Å². The fourth-order valence-corrected chi connectivity index (χ4v) is 2.84. The van der Waals surface area contributed by atoms with Crippen molar-refractivity contribution >= 4 is 16.8 Å². The zero-order valence-electron chi connectivity index (χ0n) is 17.5. The standard InChI is InChI=1S/C11H13N3O.C10H26N4/c12-9(11(13)15)5-7-6-14-10-4-2-1-3-8(7)10;11-5-3-9-13-7-1-2-8-14-10-4-6-12/h1-4,6,9,14H,5,12H2,(H2,13,15);13-14H,1-12H2/t9-;/m1./s1. The van der Waals surface area contributed by atoms with E-state index in [0.717, 1.165) is 68.6 Å². The van der Waals surface area contributed by atoms with Gasteiger partial charge in [-0.2, -0.15) is 0 Å². The summed E-state index contributed by atoms with van der Waals surface area (Å²) in [4.78, 5) is 14.0. The third-order valence-corrected chi connectivity index (χ3v) is 4.55. The maximum atomic E-state index is 10.8. The number of rotatable bonds is 14. The van der Waals surface area contributed by atoms with Gasteiger partial charge in [0.2, 0.25) is 5.91 Å². The molecule has 1 atom stereocenters. The number of benzene rings is 1. The number of nitrogens with one attached hydrogen (secondary N) is 3. The van der Waals surface area contributed by atoms with Crippen LogP contribution in [-0.2, 0) is 11.2 Å². The molecule has 11 N–H and O–H groups in total. The number of aromatic nitrogens is 1. The average molecular weight is 406 g/mol. The first kappa shape index (κ1) is 25.1. The summed E-state index contributed by atoms with van der Waals surface area (Å²) >= 11 is 0. The van der Waals surface area contributed by atoms with Crippen LogP contribution in [0.1, 0.15) is 31.2 Å². The van der Waals surface area contributed by atoms with Gasteiger partial charge in [0.05, 0.1) is 6.04 Å². The number of hydrogen-bond donors (Lipinski definition) is 7. The van der Waals surface area contributed by atoms with E-state index in [-0.39, 0.29) is 0 Å². The highest BCUT2D eigenvalue weighted by atomic mass is 16.1. The van der Waals surface area contributed by atoms with Crippen LogP contribution in [0.25, 0.3) is 10.9 Å². The van der Waals surface area contributed by atoms with Gasteiger partial charge in [-0.15, -0.1) is 0 Å². The van der Waals surface area contributed by atoms with Gasteiger partial charge in [-0.25, -0.2) is 0 Å². The number of para-hydroxylation sites is 1. The number of hydrogen-bond acceptors (Lipinski definition) is 6. The lowest BCUT2D eigenvalue weighted by molar-refractivity contribution is -0.119. The van der Waals surface area contributed by atoms with Crippen molar-refractivity contribution in [3.8, 4) is 0 Å². The van der Waals surface area contributed by atoms with Crippen LogP contribution >= 0.6 is 0 Å². The predicted octanol–water partition coefficient (Wildman–Crippen LogP) is 0.166. The molecular formula is C21H39N7O. The molecule has 0 saturated heterocycles. The zero-order valence-corrected chi connectivity index (χ0v) is 17.5. The zero-order chi connectivity index (χ0) is 21.3. The van der Waals surface area contributed by atoms with Crippen molar-refractivity contribution in [2.24, 2.45) is 22.9 Å². The average Bonchev–Trinajstić information content (AvgIpc) is 3.13. The van der Waals surface area contributed by atoms with Gasteiger partial charge < -0.3 is 38.6 Å². The number of aromatic amines is 1. The first-order valence-electron chi connectivity index (χ1n) is 10.5. The van der Waals surface area contributed by atoms with Crippen molar-refractivity contribution in [1.29, 1.82) is 0 Å². The highest BCUT2D eigenvalue weighted by molar-refractivity contribution is 5.85. The summed E-state index contributed by atoms with van der Waals surface area (Å²) in [7, 11) is 0. The quantitative estimate of drug-likeness (QED) is 0.222. The second kappa shape index (κ2) is 15.9. The highest BCUT2D eigenvalue weighted by Crippen LogP contribution is 2.18. The van der Waals surface area contributed by atoms with Gasteiger partial charge in [-0.1, -0.05) is 18.2 Å². The maximum absolute atomic E-state index is 10.8. The lowest BCUT2D eigenvalue weighted by Crippen LogP contribution is -2.38. The topological polar surface area (TPSA) is 161 Å². The lowest BCUT2D eigenvalue weighted by atomic mass is 10.1. The first-order valence-corrected chi connectivity index (χ1v) is 10.5. The van der Waals surface area contributed by atoms with Crippen molar-refractivity contribution < 1.29 is 4.79 Å². The van der Waals surface area contributed by atoms with Crippen LogP contribution in [0.5, 0.6) is 0 Å². The van der Waals surface area contributed by atoms with E-state index in [1.807, 2.05) is 30.5 Å². The van der Waals surface area contributed by atoms with Crippen LogP contribution in [0, 0.1) is 0 Å². The molecule has 8 nitrogen and oxygen atoms in total. The second-order valence-corrected chi connectivity index (χ2v) is 7.06. The van der Waals surface area contributed by atoms with Gasteiger partial charge in [0.1, 0.15) is 0 Å². The molecule has 1 amide bonds. The number of fused-ring (bicyclic) bond motifs is 1. The number of unbranched alkanes of at least 4 members (excludes halogenated alkanes) is 1. The minimum atomic E-state index is -0.621. The number of amides is 1. The molecule has 8 heteroatoms. The molecule has 0 spiro atoms. The summed E-state index contributed by atoms with van der Waals surface area (Å²) in [5, 5.41) is 7.81. The second-order valence-electron chi connectivity index (χ2n) is 7.06. The first-order chi connectivity index (χ1) is 14.1. The van der Waals surface area contributed by atoms with Gasteiger partial charge in [0.15, 0.2) is 0 Å². The summed E-state index contributed by atoms with van der Waals surface area (Å²) < 4.78 is 0. The van der Waals surface area contributed by atoms with Crippen LogP contribution in [0.15, 0.2) is 30.5 Å². The normalized spacial score (nSPS) is 11.8.